The molecule has 49 heavy (non-hydrogen) atoms. The van der Waals surface area contributed by atoms with Crippen LogP contribution in [0.1, 0.15) is 73.8 Å². The lowest BCUT2D eigenvalue weighted by Crippen LogP contribution is -2.57. The van der Waals surface area contributed by atoms with Gasteiger partial charge in [-0.2, -0.15) is 0 Å². The summed E-state index contributed by atoms with van der Waals surface area (Å²) < 4.78 is 17.5. The summed E-state index contributed by atoms with van der Waals surface area (Å²) in [4.78, 5) is 75.2. The summed E-state index contributed by atoms with van der Waals surface area (Å²) in [7, 11) is 0. The first-order valence-electron chi connectivity index (χ1n) is 16.9. The minimum Gasteiger partial charge on any atom is -0.458 e. The monoisotopic (exact) mass is 676 g/mol. The van der Waals surface area contributed by atoms with E-state index in [0.29, 0.717) is 12.2 Å². The Morgan fingerprint density at radius 2 is 1.65 bits per heavy atom. The first-order valence-corrected chi connectivity index (χ1v) is 16.9. The molecule has 0 aliphatic carbocycles. The molecule has 2 amide bonds. The Bertz CT molecular complexity index is 1560. The van der Waals surface area contributed by atoms with E-state index in [4.69, 9.17) is 14.2 Å². The Morgan fingerprint density at radius 3 is 2.29 bits per heavy atom. The van der Waals surface area contributed by atoms with E-state index < -0.39 is 71.1 Å². The molecule has 2 aliphatic heterocycles. The Kier molecular flexibility index (Phi) is 11.6. The van der Waals surface area contributed by atoms with Crippen molar-refractivity contribution < 1.29 is 38.2 Å². The molecule has 0 saturated carbocycles. The lowest BCUT2D eigenvalue weighted by atomic mass is 9.70. The number of ether oxygens (including phenoxy) is 3. The van der Waals surface area contributed by atoms with Crippen LogP contribution >= 0.6 is 0 Å². The fourth-order valence-electron chi connectivity index (χ4n) is 7.00. The molecule has 1 aromatic heterocycles. The van der Waals surface area contributed by atoms with Gasteiger partial charge in [0.05, 0.1) is 6.04 Å². The number of nitrogens with zero attached hydrogens (tertiary/aromatic N) is 2. The third-order valence-electron chi connectivity index (χ3n) is 10.3. The summed E-state index contributed by atoms with van der Waals surface area (Å²) in [5, 5.41) is 5.49. The average molecular weight is 677 g/mol. The molecule has 2 aromatic rings. The number of hydrogen-bond acceptors (Lipinski definition) is 10. The van der Waals surface area contributed by atoms with E-state index >= 15 is 0 Å². The Morgan fingerprint density at radius 1 is 1.00 bits per heavy atom. The second-order valence-corrected chi connectivity index (χ2v) is 13.7. The fourth-order valence-corrected chi connectivity index (χ4v) is 7.00. The van der Waals surface area contributed by atoms with Crippen LogP contribution in [0.15, 0.2) is 48.8 Å². The highest BCUT2D eigenvalue weighted by atomic mass is 16.6. The highest BCUT2D eigenvalue weighted by molar-refractivity contribution is 6.00. The minimum absolute atomic E-state index is 0.101. The number of rotatable bonds is 6. The van der Waals surface area contributed by atoms with Gasteiger partial charge < -0.3 is 24.8 Å². The van der Waals surface area contributed by atoms with Crippen LogP contribution in [-0.4, -0.2) is 69.6 Å². The minimum atomic E-state index is -1.35. The molecule has 12 heteroatoms. The number of cyclic esters (lactones) is 1. The molecule has 2 saturated heterocycles. The van der Waals surface area contributed by atoms with Gasteiger partial charge in [0.2, 0.25) is 0 Å². The Labute approximate surface area is 287 Å². The highest BCUT2D eigenvalue weighted by Gasteiger charge is 2.56. The molecule has 0 radical (unpaired) electrons. The van der Waals surface area contributed by atoms with Crippen molar-refractivity contribution in [1.29, 1.82) is 0 Å². The van der Waals surface area contributed by atoms with Crippen molar-refractivity contribution in [1.82, 2.24) is 20.6 Å². The number of fused-ring (bicyclic) bond motifs is 1. The van der Waals surface area contributed by atoms with Gasteiger partial charge in [0.25, 0.3) is 0 Å². The largest absolute Gasteiger partial charge is 0.458 e. The number of aromatic nitrogens is 2. The van der Waals surface area contributed by atoms with Gasteiger partial charge in [-0.15, -0.1) is 0 Å². The average Bonchev–Trinajstić information content (AvgIpc) is 3.41. The zero-order valence-corrected chi connectivity index (χ0v) is 29.5. The lowest BCUT2D eigenvalue weighted by molar-refractivity contribution is -0.171. The summed E-state index contributed by atoms with van der Waals surface area (Å²) in [6.45, 7) is 13.7. The number of Topliss-reactive ketones (excluding diaryl/α,β-unsaturated/α-hetero) is 2. The van der Waals surface area contributed by atoms with Crippen LogP contribution in [0.4, 0.5) is 9.59 Å². The molecule has 3 heterocycles. The number of amides is 2. The predicted octanol–water partition coefficient (Wildman–Crippen LogP) is 5.55. The molecule has 4 rings (SSSR count). The van der Waals surface area contributed by atoms with Crippen molar-refractivity contribution in [3.05, 3.63) is 54.4 Å². The summed E-state index contributed by atoms with van der Waals surface area (Å²) in [5.74, 6) is -4.51. The molecule has 9 atom stereocenters. The van der Waals surface area contributed by atoms with E-state index in [1.807, 2.05) is 30.3 Å². The van der Waals surface area contributed by atoms with Crippen LogP contribution < -0.4 is 10.6 Å². The third kappa shape index (κ3) is 8.17. The number of hydrogen-bond donors (Lipinski definition) is 2. The molecule has 1 aromatic carbocycles. The number of carbonyl (C=O) groups is 5. The van der Waals surface area contributed by atoms with Crippen molar-refractivity contribution in [3.63, 3.8) is 0 Å². The first kappa shape index (κ1) is 37.2. The predicted molar refractivity (Wildman–Crippen MR) is 182 cm³/mol. The normalized spacial score (nSPS) is 32.8. The van der Waals surface area contributed by atoms with Crippen molar-refractivity contribution in [2.45, 2.75) is 91.6 Å². The van der Waals surface area contributed by atoms with E-state index in [1.54, 1.807) is 73.0 Å². The summed E-state index contributed by atoms with van der Waals surface area (Å²) in [6.07, 6.45) is 5.07. The highest BCUT2D eigenvalue weighted by Crippen LogP contribution is 2.40. The number of ketones is 2. The fraction of sp³-hybridized carbons (Fsp3) is 0.541. The number of carbonyl (C=O) groups excluding carboxylic acids is 5. The summed E-state index contributed by atoms with van der Waals surface area (Å²) in [6, 6.07) is 8.61. The van der Waals surface area contributed by atoms with Gasteiger partial charge in [-0.25, -0.2) is 19.6 Å². The Balaban J connectivity index is 1.52. The summed E-state index contributed by atoms with van der Waals surface area (Å²) in [5.41, 5.74) is -0.848. The van der Waals surface area contributed by atoms with Gasteiger partial charge in [-0.1, -0.05) is 71.0 Å². The molecule has 264 valence electrons. The number of nitrogens with one attached hydrogen (secondary N) is 2. The van der Waals surface area contributed by atoms with Crippen LogP contribution in [0.3, 0.4) is 0 Å². The van der Waals surface area contributed by atoms with Gasteiger partial charge in [0, 0.05) is 48.2 Å². The molecule has 0 unspecified atom stereocenters. The van der Waals surface area contributed by atoms with Crippen molar-refractivity contribution >= 4 is 35.8 Å². The molecule has 2 aliphatic rings. The molecular weight excluding hydrogens is 628 g/mol. The number of esters is 1. The van der Waals surface area contributed by atoms with E-state index in [9.17, 15) is 24.0 Å². The molecule has 0 bridgehead atoms. The van der Waals surface area contributed by atoms with Gasteiger partial charge in [0.15, 0.2) is 11.4 Å². The maximum absolute atomic E-state index is 13.9. The van der Waals surface area contributed by atoms with Crippen molar-refractivity contribution in [3.8, 4) is 11.4 Å². The van der Waals surface area contributed by atoms with E-state index in [0.717, 1.165) is 11.1 Å². The smallest absolute Gasteiger partial charge is 0.408 e. The number of benzene rings is 1. The topological polar surface area (TPSA) is 163 Å². The van der Waals surface area contributed by atoms with E-state index in [1.165, 1.54) is 6.92 Å². The van der Waals surface area contributed by atoms with E-state index in [2.05, 4.69) is 20.6 Å². The standard InChI is InChI=1S/C37H48N4O8/c1-9-28-37(8)31(41-35(46)49-37)23(4)29(42)21(2)20-36(7,25(6)22(3)30(43)24(5)33(44)47-28)48-34(45)40-17-10-12-26-13-15-27(16-14-26)32-38-18-11-19-39-32/h10-16,18-19,21-25,28,31H,9,17,20H2,1-8H3,(H,40,45)(H,41,46)/b12-10+/t21-,22-,23-,24-,25-,28-,31-,36-,37-/m1/s1. The second-order valence-electron chi connectivity index (χ2n) is 13.7. The third-order valence-corrected chi connectivity index (χ3v) is 10.3. The van der Waals surface area contributed by atoms with Crippen LogP contribution in [0, 0.1) is 29.6 Å². The molecule has 2 fully saturated rings. The molecule has 0 spiro atoms. The lowest BCUT2D eigenvalue weighted by Gasteiger charge is -2.42. The zero-order valence-electron chi connectivity index (χ0n) is 29.5. The molecular formula is C37H48N4O8. The van der Waals surface area contributed by atoms with Crippen LogP contribution in [0.5, 0.6) is 0 Å². The van der Waals surface area contributed by atoms with Gasteiger partial charge in [-0.3, -0.25) is 14.4 Å². The van der Waals surface area contributed by atoms with Gasteiger partial charge in [-0.05, 0) is 45.2 Å². The number of alkyl carbamates (subject to hydrolysis) is 2. The molecule has 2 N–H and O–H groups in total. The maximum atomic E-state index is 13.9. The van der Waals surface area contributed by atoms with Crippen molar-refractivity contribution in [2.75, 3.05) is 6.54 Å². The van der Waals surface area contributed by atoms with Crippen LogP contribution in [-0.2, 0) is 28.6 Å². The quantitative estimate of drug-likeness (QED) is 0.225. The molecule has 12 nitrogen and oxygen atoms in total. The van der Waals surface area contributed by atoms with Crippen LogP contribution in [0.25, 0.3) is 17.5 Å². The first-order chi connectivity index (χ1) is 23.1. The zero-order chi connectivity index (χ0) is 36.1. The summed E-state index contributed by atoms with van der Waals surface area (Å²) >= 11 is 0. The Hall–Kier alpha value is -4.61. The SMILES string of the molecule is CC[C@H]1OC(=O)[C@H](C)C(=O)[C@H](C)[C@@H](C)[C@](C)(OC(=O)NC/C=C/c2ccc(-c3ncccn3)cc2)C[C@@H](C)C(=O)[C@@H](C)[C@H]2NC(=O)O[C@@]21C. The van der Waals surface area contributed by atoms with Crippen molar-refractivity contribution in [2.24, 2.45) is 29.6 Å². The van der Waals surface area contributed by atoms with Gasteiger partial charge in [0.1, 0.15) is 29.2 Å². The van der Waals surface area contributed by atoms with Gasteiger partial charge >= 0.3 is 18.2 Å². The van der Waals surface area contributed by atoms with E-state index in [-0.39, 0.29) is 24.5 Å². The van der Waals surface area contributed by atoms with Crippen LogP contribution in [0.2, 0.25) is 0 Å². The maximum Gasteiger partial charge on any atom is 0.408 e. The second kappa shape index (κ2) is 15.3.